The van der Waals surface area contributed by atoms with E-state index in [1.165, 1.54) is 0 Å². The molecule has 0 bridgehead atoms. The summed E-state index contributed by atoms with van der Waals surface area (Å²) in [5.41, 5.74) is 0.614. The van der Waals surface area contributed by atoms with Crippen LogP contribution in [0.2, 0.25) is 5.02 Å². The van der Waals surface area contributed by atoms with Crippen LogP contribution in [0, 0.1) is 0 Å². The van der Waals surface area contributed by atoms with E-state index in [0.29, 0.717) is 23.7 Å². The van der Waals surface area contributed by atoms with Crippen LogP contribution in [-0.4, -0.2) is 28.7 Å². The molecule has 0 radical (unpaired) electrons. The van der Waals surface area contributed by atoms with E-state index in [-0.39, 0.29) is 5.75 Å². The fraction of sp³-hybridized carbons (Fsp3) is 0.500. The van der Waals surface area contributed by atoms with Gasteiger partial charge in [0.2, 0.25) is 10.0 Å². The molecular weight excluding hydrogens is 274 g/mol. The van der Waals surface area contributed by atoms with E-state index in [9.17, 15) is 8.42 Å². The second-order valence-corrected chi connectivity index (χ2v) is 6.16. The summed E-state index contributed by atoms with van der Waals surface area (Å²) < 4.78 is 31.0. The molecule has 0 unspecified atom stereocenters. The molecule has 1 aromatic rings. The van der Waals surface area contributed by atoms with Gasteiger partial charge in [-0.2, -0.15) is 0 Å². The van der Waals surface area contributed by atoms with Crippen molar-refractivity contribution in [1.82, 2.24) is 4.72 Å². The molecular formula is C12H18ClNO3S. The fourth-order valence-electron chi connectivity index (χ4n) is 1.47. The molecule has 4 nitrogen and oxygen atoms in total. The van der Waals surface area contributed by atoms with Gasteiger partial charge < -0.3 is 4.74 Å². The third kappa shape index (κ3) is 5.82. The molecule has 1 aromatic carbocycles. The number of nitrogens with one attached hydrogen (secondary N) is 1. The van der Waals surface area contributed by atoms with Crippen molar-refractivity contribution in [2.24, 2.45) is 0 Å². The zero-order valence-electron chi connectivity index (χ0n) is 10.4. The van der Waals surface area contributed by atoms with Gasteiger partial charge in [-0.3, -0.25) is 0 Å². The van der Waals surface area contributed by atoms with Crippen molar-refractivity contribution in [2.45, 2.75) is 18.6 Å². The number of halogens is 1. The van der Waals surface area contributed by atoms with Crippen molar-refractivity contribution in [3.8, 4) is 0 Å². The second kappa shape index (κ2) is 7.74. The third-order valence-electron chi connectivity index (χ3n) is 2.40. The summed E-state index contributed by atoms with van der Waals surface area (Å²) in [6, 6.07) is 6.95. The Kier molecular flexibility index (Phi) is 6.63. The minimum atomic E-state index is -3.32. The molecule has 0 aliphatic rings. The zero-order chi connectivity index (χ0) is 13.4. The number of ether oxygens (including phenoxy) is 1. The van der Waals surface area contributed by atoms with Crippen molar-refractivity contribution < 1.29 is 13.2 Å². The first kappa shape index (κ1) is 15.4. The second-order valence-electron chi connectivity index (χ2n) is 3.94. The predicted molar refractivity (Wildman–Crippen MR) is 73.2 cm³/mol. The molecule has 0 amide bonds. The maximum absolute atomic E-state index is 11.8. The van der Waals surface area contributed by atoms with Crippen LogP contribution in [0.3, 0.4) is 0 Å². The Morgan fingerprint density at radius 2 is 2.00 bits per heavy atom. The van der Waals surface area contributed by atoms with Crippen LogP contribution < -0.4 is 4.72 Å². The SMILES string of the molecule is COCCCCNS(=O)(=O)Cc1ccccc1Cl. The number of rotatable bonds is 8. The Labute approximate surface area is 113 Å². The summed E-state index contributed by atoms with van der Waals surface area (Å²) in [6.45, 7) is 1.07. The standard InChI is InChI=1S/C12H18ClNO3S/c1-17-9-5-4-8-14-18(15,16)10-11-6-2-3-7-12(11)13/h2-3,6-7,14H,4-5,8-10H2,1H3. The first-order valence-corrected chi connectivity index (χ1v) is 7.78. The van der Waals surface area contributed by atoms with Crippen molar-refractivity contribution in [3.63, 3.8) is 0 Å². The molecule has 0 fully saturated rings. The van der Waals surface area contributed by atoms with Crippen LogP contribution in [0.15, 0.2) is 24.3 Å². The average Bonchev–Trinajstić information content (AvgIpc) is 2.31. The first-order valence-electron chi connectivity index (χ1n) is 5.75. The lowest BCUT2D eigenvalue weighted by Gasteiger charge is -2.07. The molecule has 0 saturated carbocycles. The predicted octanol–water partition coefficient (Wildman–Crippen LogP) is 2.19. The van der Waals surface area contributed by atoms with Gasteiger partial charge in [0.25, 0.3) is 0 Å². The van der Waals surface area contributed by atoms with Crippen LogP contribution in [-0.2, 0) is 20.5 Å². The van der Waals surface area contributed by atoms with Crippen LogP contribution in [0.5, 0.6) is 0 Å². The highest BCUT2D eigenvalue weighted by Gasteiger charge is 2.12. The lowest BCUT2D eigenvalue weighted by atomic mass is 10.2. The van der Waals surface area contributed by atoms with E-state index in [1.807, 2.05) is 0 Å². The Morgan fingerprint density at radius 1 is 1.28 bits per heavy atom. The average molecular weight is 292 g/mol. The summed E-state index contributed by atoms with van der Waals surface area (Å²) in [5.74, 6) is -0.0864. The Bertz CT molecular complexity index is 462. The number of sulfonamides is 1. The van der Waals surface area contributed by atoms with Gasteiger partial charge in [-0.15, -0.1) is 0 Å². The molecule has 18 heavy (non-hydrogen) atoms. The van der Waals surface area contributed by atoms with Crippen LogP contribution in [0.1, 0.15) is 18.4 Å². The molecule has 0 spiro atoms. The quantitative estimate of drug-likeness (QED) is 0.747. The Hall–Kier alpha value is -0.620. The summed E-state index contributed by atoms with van der Waals surface area (Å²) in [6.07, 6.45) is 1.60. The summed E-state index contributed by atoms with van der Waals surface area (Å²) in [4.78, 5) is 0. The van der Waals surface area contributed by atoms with Gasteiger partial charge in [0.15, 0.2) is 0 Å². The third-order valence-corrected chi connectivity index (χ3v) is 4.10. The summed E-state index contributed by atoms with van der Waals surface area (Å²) in [7, 11) is -1.69. The van der Waals surface area contributed by atoms with Crippen LogP contribution in [0.25, 0.3) is 0 Å². The molecule has 0 atom stereocenters. The molecule has 0 saturated heterocycles. The smallest absolute Gasteiger partial charge is 0.215 e. The normalized spacial score (nSPS) is 11.7. The van der Waals surface area contributed by atoms with E-state index >= 15 is 0 Å². The van der Waals surface area contributed by atoms with Gasteiger partial charge >= 0.3 is 0 Å². The zero-order valence-corrected chi connectivity index (χ0v) is 11.9. The van der Waals surface area contributed by atoms with Gasteiger partial charge in [-0.05, 0) is 24.5 Å². The lowest BCUT2D eigenvalue weighted by molar-refractivity contribution is 0.193. The van der Waals surface area contributed by atoms with Gasteiger partial charge in [0, 0.05) is 25.3 Å². The van der Waals surface area contributed by atoms with E-state index in [2.05, 4.69) is 4.72 Å². The molecule has 6 heteroatoms. The Morgan fingerprint density at radius 3 is 2.67 bits per heavy atom. The van der Waals surface area contributed by atoms with Gasteiger partial charge in [0.05, 0.1) is 5.75 Å². The molecule has 0 aromatic heterocycles. The minimum absolute atomic E-state index is 0.0864. The fourth-order valence-corrected chi connectivity index (χ4v) is 2.97. The number of hydrogen-bond acceptors (Lipinski definition) is 3. The highest BCUT2D eigenvalue weighted by Crippen LogP contribution is 2.17. The molecule has 0 heterocycles. The van der Waals surface area contributed by atoms with Gasteiger partial charge in [-0.25, -0.2) is 13.1 Å². The van der Waals surface area contributed by atoms with E-state index in [4.69, 9.17) is 16.3 Å². The van der Waals surface area contributed by atoms with E-state index < -0.39 is 10.0 Å². The number of unbranched alkanes of at least 4 members (excludes halogenated alkanes) is 1. The van der Waals surface area contributed by atoms with Gasteiger partial charge in [-0.1, -0.05) is 29.8 Å². The molecule has 0 aliphatic heterocycles. The molecule has 102 valence electrons. The van der Waals surface area contributed by atoms with Crippen LogP contribution in [0.4, 0.5) is 0 Å². The highest BCUT2D eigenvalue weighted by molar-refractivity contribution is 7.88. The van der Waals surface area contributed by atoms with E-state index in [1.54, 1.807) is 31.4 Å². The highest BCUT2D eigenvalue weighted by atomic mass is 35.5. The number of methoxy groups -OCH3 is 1. The maximum Gasteiger partial charge on any atom is 0.215 e. The maximum atomic E-state index is 11.8. The topological polar surface area (TPSA) is 55.4 Å². The molecule has 1 N–H and O–H groups in total. The minimum Gasteiger partial charge on any atom is -0.385 e. The molecule has 0 aliphatic carbocycles. The van der Waals surface area contributed by atoms with Crippen LogP contribution >= 0.6 is 11.6 Å². The van der Waals surface area contributed by atoms with Crippen molar-refractivity contribution in [2.75, 3.05) is 20.3 Å². The van der Waals surface area contributed by atoms with Crippen molar-refractivity contribution in [3.05, 3.63) is 34.9 Å². The monoisotopic (exact) mass is 291 g/mol. The van der Waals surface area contributed by atoms with Crippen molar-refractivity contribution in [1.29, 1.82) is 0 Å². The Balaban J connectivity index is 2.43. The summed E-state index contributed by atoms with van der Waals surface area (Å²) >= 11 is 5.92. The summed E-state index contributed by atoms with van der Waals surface area (Å²) in [5, 5.41) is 0.474. The number of hydrogen-bond donors (Lipinski definition) is 1. The van der Waals surface area contributed by atoms with E-state index in [0.717, 1.165) is 12.8 Å². The number of benzene rings is 1. The first-order chi connectivity index (χ1) is 8.55. The van der Waals surface area contributed by atoms with Crippen molar-refractivity contribution >= 4 is 21.6 Å². The van der Waals surface area contributed by atoms with Gasteiger partial charge in [0.1, 0.15) is 0 Å². The largest absolute Gasteiger partial charge is 0.385 e. The lowest BCUT2D eigenvalue weighted by Crippen LogP contribution is -2.26. The molecule has 1 rings (SSSR count).